The Morgan fingerprint density at radius 1 is 0.944 bits per heavy atom. The van der Waals surface area contributed by atoms with Crippen LogP contribution in [0.3, 0.4) is 0 Å². The summed E-state index contributed by atoms with van der Waals surface area (Å²) < 4.78 is 0. The summed E-state index contributed by atoms with van der Waals surface area (Å²) in [5.41, 5.74) is 2.34. The van der Waals surface area contributed by atoms with Crippen molar-refractivity contribution < 1.29 is 0 Å². The average Bonchev–Trinajstić information content (AvgIpc) is 2.45. The molecule has 2 aromatic rings. The number of hydrogen-bond acceptors (Lipinski definition) is 0. The number of hydrogen-bond donors (Lipinski definition) is 0. The van der Waals surface area contributed by atoms with E-state index in [1.165, 1.54) is 5.56 Å². The molecule has 0 radical (unpaired) electrons. The first kappa shape index (κ1) is 12.1. The molecule has 0 amide bonds. The molecule has 0 bridgehead atoms. The van der Waals surface area contributed by atoms with Gasteiger partial charge in [0.15, 0.2) is 0 Å². The van der Waals surface area contributed by atoms with E-state index in [4.69, 9.17) is 6.57 Å². The molecule has 0 aromatic heterocycles. The summed E-state index contributed by atoms with van der Waals surface area (Å²) in [6, 6.07) is 20.1. The Balaban J connectivity index is 2.03. The second-order valence-electron chi connectivity index (χ2n) is 4.16. The lowest BCUT2D eigenvalue weighted by molar-refractivity contribution is 0.926. The van der Waals surface area contributed by atoms with Gasteiger partial charge in [-0.15, -0.1) is 0 Å². The SMILES string of the molecule is [C-]#[N+]C(C=Cc1ccccc1)Cc1ccccc1. The zero-order valence-corrected chi connectivity index (χ0v) is 10.2. The fourth-order valence-electron chi connectivity index (χ4n) is 1.80. The molecule has 88 valence electrons. The maximum absolute atomic E-state index is 7.25. The van der Waals surface area contributed by atoms with E-state index in [0.29, 0.717) is 0 Å². The van der Waals surface area contributed by atoms with E-state index in [2.05, 4.69) is 17.0 Å². The average molecular weight is 233 g/mol. The van der Waals surface area contributed by atoms with Gasteiger partial charge in [-0.2, -0.15) is 0 Å². The van der Waals surface area contributed by atoms with Gasteiger partial charge >= 0.3 is 0 Å². The number of benzene rings is 2. The zero-order chi connectivity index (χ0) is 12.6. The Hall–Kier alpha value is -2.33. The summed E-state index contributed by atoms with van der Waals surface area (Å²) in [6.07, 6.45) is 4.77. The second-order valence-corrected chi connectivity index (χ2v) is 4.16. The molecule has 0 saturated carbocycles. The molecule has 0 aliphatic rings. The smallest absolute Gasteiger partial charge is 0.246 e. The minimum Gasteiger partial charge on any atom is -0.309 e. The predicted octanol–water partition coefficient (Wildman–Crippen LogP) is 4.23. The van der Waals surface area contributed by atoms with E-state index < -0.39 is 0 Å². The summed E-state index contributed by atoms with van der Waals surface area (Å²) in [4.78, 5) is 3.66. The molecule has 2 rings (SSSR count). The Morgan fingerprint density at radius 2 is 1.56 bits per heavy atom. The fourth-order valence-corrected chi connectivity index (χ4v) is 1.80. The van der Waals surface area contributed by atoms with Crippen LogP contribution >= 0.6 is 0 Å². The molecule has 2 aromatic carbocycles. The van der Waals surface area contributed by atoms with E-state index in [1.807, 2.05) is 60.7 Å². The van der Waals surface area contributed by atoms with Crippen molar-refractivity contribution in [2.75, 3.05) is 0 Å². The maximum atomic E-state index is 7.25. The lowest BCUT2D eigenvalue weighted by Crippen LogP contribution is -2.01. The van der Waals surface area contributed by atoms with Crippen LogP contribution in [-0.4, -0.2) is 6.04 Å². The molecule has 0 fully saturated rings. The van der Waals surface area contributed by atoms with Gasteiger partial charge in [-0.1, -0.05) is 66.7 Å². The molecular formula is C17H15N. The van der Waals surface area contributed by atoms with Gasteiger partial charge in [-0.05, 0) is 17.2 Å². The quantitative estimate of drug-likeness (QED) is 0.696. The first-order valence-corrected chi connectivity index (χ1v) is 6.02. The van der Waals surface area contributed by atoms with Crippen LogP contribution in [0.1, 0.15) is 11.1 Å². The minimum atomic E-state index is -0.0902. The van der Waals surface area contributed by atoms with Gasteiger partial charge in [0.05, 0.1) is 6.42 Å². The van der Waals surface area contributed by atoms with Crippen LogP contribution in [0.25, 0.3) is 10.9 Å². The van der Waals surface area contributed by atoms with Crippen molar-refractivity contribution in [1.29, 1.82) is 0 Å². The van der Waals surface area contributed by atoms with E-state index in [0.717, 1.165) is 12.0 Å². The maximum Gasteiger partial charge on any atom is 0.246 e. The third kappa shape index (κ3) is 3.61. The van der Waals surface area contributed by atoms with Crippen molar-refractivity contribution in [3.05, 3.63) is 89.3 Å². The van der Waals surface area contributed by atoms with Crippen molar-refractivity contribution >= 4 is 6.08 Å². The van der Waals surface area contributed by atoms with Gasteiger partial charge in [-0.25, -0.2) is 6.57 Å². The van der Waals surface area contributed by atoms with Crippen LogP contribution in [0.15, 0.2) is 66.7 Å². The highest BCUT2D eigenvalue weighted by Gasteiger charge is 2.08. The van der Waals surface area contributed by atoms with Gasteiger partial charge in [-0.3, -0.25) is 0 Å². The summed E-state index contributed by atoms with van der Waals surface area (Å²) in [5.74, 6) is 0. The molecule has 0 saturated heterocycles. The highest BCUT2D eigenvalue weighted by molar-refractivity contribution is 5.50. The molecule has 1 atom stereocenters. The molecule has 0 heterocycles. The van der Waals surface area contributed by atoms with Gasteiger partial charge in [0.25, 0.3) is 0 Å². The van der Waals surface area contributed by atoms with Gasteiger partial charge < -0.3 is 4.85 Å². The molecular weight excluding hydrogens is 218 g/mol. The molecule has 1 nitrogen and oxygen atoms in total. The summed E-state index contributed by atoms with van der Waals surface area (Å²) in [7, 11) is 0. The Labute approximate surface area is 108 Å². The highest BCUT2D eigenvalue weighted by atomic mass is 14.7. The van der Waals surface area contributed by atoms with Crippen molar-refractivity contribution in [1.82, 2.24) is 0 Å². The third-order valence-electron chi connectivity index (χ3n) is 2.76. The first-order chi connectivity index (χ1) is 8.88. The third-order valence-corrected chi connectivity index (χ3v) is 2.76. The van der Waals surface area contributed by atoms with Crippen LogP contribution < -0.4 is 0 Å². The van der Waals surface area contributed by atoms with Crippen LogP contribution in [0, 0.1) is 6.57 Å². The van der Waals surface area contributed by atoms with Crippen molar-refractivity contribution in [2.24, 2.45) is 0 Å². The van der Waals surface area contributed by atoms with Gasteiger partial charge in [0.1, 0.15) is 0 Å². The van der Waals surface area contributed by atoms with Gasteiger partial charge in [0.2, 0.25) is 6.04 Å². The van der Waals surface area contributed by atoms with Crippen LogP contribution in [0.5, 0.6) is 0 Å². The van der Waals surface area contributed by atoms with Crippen LogP contribution in [-0.2, 0) is 6.42 Å². The molecule has 1 unspecified atom stereocenters. The largest absolute Gasteiger partial charge is 0.309 e. The highest BCUT2D eigenvalue weighted by Crippen LogP contribution is 2.09. The van der Waals surface area contributed by atoms with Crippen LogP contribution in [0.2, 0.25) is 0 Å². The zero-order valence-electron chi connectivity index (χ0n) is 10.2. The van der Waals surface area contributed by atoms with Gasteiger partial charge in [0, 0.05) is 0 Å². The Morgan fingerprint density at radius 3 is 2.17 bits per heavy atom. The Kier molecular flexibility index (Phi) is 4.33. The molecule has 0 aliphatic carbocycles. The van der Waals surface area contributed by atoms with E-state index in [1.54, 1.807) is 0 Å². The summed E-state index contributed by atoms with van der Waals surface area (Å²) in [5, 5.41) is 0. The fraction of sp³-hybridized carbons (Fsp3) is 0.118. The number of rotatable bonds is 4. The van der Waals surface area contributed by atoms with E-state index in [9.17, 15) is 0 Å². The minimum absolute atomic E-state index is 0.0902. The normalized spacial score (nSPS) is 12.2. The van der Waals surface area contributed by atoms with Crippen molar-refractivity contribution in [2.45, 2.75) is 12.5 Å². The van der Waals surface area contributed by atoms with Crippen molar-refractivity contribution in [3.63, 3.8) is 0 Å². The molecule has 0 N–H and O–H groups in total. The molecule has 0 spiro atoms. The van der Waals surface area contributed by atoms with Crippen molar-refractivity contribution in [3.8, 4) is 0 Å². The predicted molar refractivity (Wildman–Crippen MR) is 76.0 cm³/mol. The van der Waals surface area contributed by atoms with Crippen LogP contribution in [0.4, 0.5) is 0 Å². The number of nitrogens with zero attached hydrogens (tertiary/aromatic N) is 1. The summed E-state index contributed by atoms with van der Waals surface area (Å²) >= 11 is 0. The monoisotopic (exact) mass is 233 g/mol. The lowest BCUT2D eigenvalue weighted by Gasteiger charge is -2.00. The molecule has 1 heteroatoms. The summed E-state index contributed by atoms with van der Waals surface area (Å²) in [6.45, 7) is 7.25. The van der Waals surface area contributed by atoms with E-state index >= 15 is 0 Å². The Bertz CT molecular complexity index is 535. The molecule has 0 aliphatic heterocycles. The second kappa shape index (κ2) is 6.42. The lowest BCUT2D eigenvalue weighted by atomic mass is 10.1. The topological polar surface area (TPSA) is 4.36 Å². The molecule has 18 heavy (non-hydrogen) atoms. The standard InChI is InChI=1S/C17H15N/c1-18-17(14-16-10-6-3-7-11-16)13-12-15-8-4-2-5-9-15/h2-13,17H,14H2. The first-order valence-electron chi connectivity index (χ1n) is 6.02. The van der Waals surface area contributed by atoms with E-state index in [-0.39, 0.29) is 6.04 Å².